The minimum atomic E-state index is -5.15. The number of likely N-dealkylation sites (tertiary alicyclic amines) is 1. The van der Waals surface area contributed by atoms with E-state index in [1.54, 1.807) is 36.4 Å². The van der Waals surface area contributed by atoms with Gasteiger partial charge in [-0.15, -0.1) is 11.3 Å². The van der Waals surface area contributed by atoms with Crippen molar-refractivity contribution in [1.29, 1.82) is 0 Å². The topological polar surface area (TPSA) is 144 Å². The largest absolute Gasteiger partial charge is 0.495 e. The van der Waals surface area contributed by atoms with Gasteiger partial charge in [0, 0.05) is 36.9 Å². The summed E-state index contributed by atoms with van der Waals surface area (Å²) >= 11 is 0.823. The molecule has 0 bridgehead atoms. The van der Waals surface area contributed by atoms with Crippen LogP contribution in [0.15, 0.2) is 45.7 Å². The second-order valence-electron chi connectivity index (χ2n) is 9.93. The van der Waals surface area contributed by atoms with Crippen LogP contribution < -0.4 is 20.5 Å². The maximum atomic E-state index is 13.7. The predicted molar refractivity (Wildman–Crippen MR) is 143 cm³/mol. The number of nitrogens with one attached hydrogen (secondary N) is 2. The fraction of sp³-hybridized carbons (Fsp3) is 0.296. The van der Waals surface area contributed by atoms with Gasteiger partial charge in [-0.2, -0.15) is 13.2 Å². The quantitative estimate of drug-likeness (QED) is 0.350. The summed E-state index contributed by atoms with van der Waals surface area (Å²) < 4.78 is 55.8. The lowest BCUT2D eigenvalue weighted by molar-refractivity contribution is -0.167. The standard InChI is InChI=1S/C27H21F3N4O7S/c1-39-18-4-2-3-14-19(22(42-20(14)18)32-24(37)27(28,29)30)23(36)34-9-7-26(8-10-34)12-16(35)15-11-13(5-6-17(15)40-26)21-31-25(38)41-33-21/h2-6,11H,7-10,12H2,1H3,(H,32,37)(H,31,33,38). The number of alkyl halides is 3. The number of benzene rings is 2. The van der Waals surface area contributed by atoms with Crippen molar-refractivity contribution >= 4 is 44.0 Å². The molecule has 1 fully saturated rings. The summed E-state index contributed by atoms with van der Waals surface area (Å²) in [4.78, 5) is 53.9. The van der Waals surface area contributed by atoms with E-state index < -0.39 is 29.3 Å². The van der Waals surface area contributed by atoms with Crippen molar-refractivity contribution in [3.8, 4) is 22.9 Å². The van der Waals surface area contributed by atoms with Crippen LogP contribution in [-0.4, -0.2) is 64.6 Å². The number of carbonyl (C=O) groups is 3. The number of hydrogen-bond donors (Lipinski definition) is 2. The number of nitrogens with zero attached hydrogens (tertiary/aromatic N) is 2. The fourth-order valence-electron chi connectivity index (χ4n) is 5.28. The van der Waals surface area contributed by atoms with E-state index in [9.17, 15) is 32.3 Å². The number of carbonyl (C=O) groups excluding carboxylic acids is 3. The highest BCUT2D eigenvalue weighted by molar-refractivity contribution is 7.24. The summed E-state index contributed by atoms with van der Waals surface area (Å²) in [5.74, 6) is -2.78. The van der Waals surface area contributed by atoms with Gasteiger partial charge >= 0.3 is 17.8 Å². The zero-order chi connectivity index (χ0) is 29.8. The Balaban J connectivity index is 1.24. The molecule has 6 rings (SSSR count). The molecule has 4 heterocycles. The molecule has 0 saturated carbocycles. The Bertz CT molecular complexity index is 1800. The van der Waals surface area contributed by atoms with E-state index in [0.29, 0.717) is 32.7 Å². The van der Waals surface area contributed by atoms with Crippen molar-refractivity contribution in [3.63, 3.8) is 0 Å². The third kappa shape index (κ3) is 4.78. The monoisotopic (exact) mass is 602 g/mol. The van der Waals surface area contributed by atoms with Gasteiger partial charge in [0.05, 0.1) is 29.4 Å². The molecule has 2 aromatic heterocycles. The lowest BCUT2D eigenvalue weighted by Gasteiger charge is -2.44. The molecule has 0 aliphatic carbocycles. The summed E-state index contributed by atoms with van der Waals surface area (Å²) in [6.45, 7) is 0.321. The molecule has 0 unspecified atom stereocenters. The molecule has 2 aromatic carbocycles. The van der Waals surface area contributed by atoms with E-state index >= 15 is 0 Å². The second kappa shape index (κ2) is 10.0. The maximum Gasteiger partial charge on any atom is 0.471 e. The molecule has 0 atom stereocenters. The average molecular weight is 603 g/mol. The van der Waals surface area contributed by atoms with Crippen LogP contribution in [0, 0.1) is 0 Å². The van der Waals surface area contributed by atoms with Gasteiger partial charge < -0.3 is 19.7 Å². The first-order valence-corrected chi connectivity index (χ1v) is 13.5. The summed E-state index contributed by atoms with van der Waals surface area (Å²) in [5, 5.41) is 5.61. The fourth-order valence-corrected chi connectivity index (χ4v) is 6.46. The number of hydrogen-bond acceptors (Lipinski definition) is 9. The maximum absolute atomic E-state index is 13.7. The number of methoxy groups -OCH3 is 1. The van der Waals surface area contributed by atoms with E-state index in [-0.39, 0.29) is 54.5 Å². The number of ketones is 1. The SMILES string of the molecule is COc1cccc2c(C(=O)N3CCC4(CC3)CC(=O)c3cc(-c5noc(=O)[nH]5)ccc3O4)c(NC(=O)C(F)(F)F)sc12. The van der Waals surface area contributed by atoms with Gasteiger partial charge in [0.1, 0.15) is 22.1 Å². The van der Waals surface area contributed by atoms with Crippen LogP contribution in [0.4, 0.5) is 18.2 Å². The lowest BCUT2D eigenvalue weighted by Crippen LogP contribution is -2.52. The summed E-state index contributed by atoms with van der Waals surface area (Å²) in [5.41, 5.74) is -0.144. The van der Waals surface area contributed by atoms with Crippen molar-refractivity contribution < 1.29 is 41.6 Å². The Morgan fingerprint density at radius 1 is 1.17 bits per heavy atom. The highest BCUT2D eigenvalue weighted by Crippen LogP contribution is 2.44. The van der Waals surface area contributed by atoms with Gasteiger partial charge in [0.2, 0.25) is 0 Å². The summed E-state index contributed by atoms with van der Waals surface area (Å²) in [7, 11) is 1.40. The molecule has 218 valence electrons. The molecule has 2 N–H and O–H groups in total. The number of halogens is 3. The van der Waals surface area contributed by atoms with Crippen LogP contribution in [0.1, 0.15) is 40.0 Å². The number of piperidine rings is 1. The molecule has 4 aromatic rings. The zero-order valence-corrected chi connectivity index (χ0v) is 22.6. The number of fused-ring (bicyclic) bond motifs is 2. The molecule has 2 aliphatic heterocycles. The number of aromatic nitrogens is 2. The Kier molecular flexibility index (Phi) is 6.55. The summed E-state index contributed by atoms with van der Waals surface area (Å²) in [6.07, 6.45) is -4.52. The molecular formula is C27H21F3N4O7S. The predicted octanol–water partition coefficient (Wildman–Crippen LogP) is 4.39. The van der Waals surface area contributed by atoms with E-state index in [0.717, 1.165) is 11.3 Å². The molecule has 15 heteroatoms. The molecule has 0 radical (unpaired) electrons. The highest BCUT2D eigenvalue weighted by Gasteiger charge is 2.45. The molecule has 2 aliphatic rings. The second-order valence-corrected chi connectivity index (χ2v) is 10.9. The van der Waals surface area contributed by atoms with Crippen molar-refractivity contribution in [3.05, 3.63) is 58.1 Å². The van der Waals surface area contributed by atoms with Crippen LogP contribution in [-0.2, 0) is 4.79 Å². The molecule has 42 heavy (non-hydrogen) atoms. The van der Waals surface area contributed by atoms with Crippen molar-refractivity contribution in [2.24, 2.45) is 0 Å². The number of thiophene rings is 1. The first-order chi connectivity index (χ1) is 20.0. The van der Waals surface area contributed by atoms with E-state index in [4.69, 9.17) is 9.47 Å². The van der Waals surface area contributed by atoms with E-state index in [1.165, 1.54) is 12.0 Å². The van der Waals surface area contributed by atoms with E-state index in [1.807, 2.05) is 5.32 Å². The zero-order valence-electron chi connectivity index (χ0n) is 21.8. The first kappa shape index (κ1) is 27.5. The van der Waals surface area contributed by atoms with Gasteiger partial charge in [-0.1, -0.05) is 17.3 Å². The van der Waals surface area contributed by atoms with Gasteiger partial charge in [0.15, 0.2) is 11.6 Å². The van der Waals surface area contributed by atoms with Gasteiger partial charge in [-0.25, -0.2) is 4.79 Å². The smallest absolute Gasteiger partial charge is 0.471 e. The molecule has 2 amide bonds. The molecule has 1 saturated heterocycles. The average Bonchev–Trinajstić information content (AvgIpc) is 3.55. The third-order valence-electron chi connectivity index (χ3n) is 7.36. The molecular weight excluding hydrogens is 581 g/mol. The Morgan fingerprint density at radius 3 is 2.60 bits per heavy atom. The number of aromatic amines is 1. The third-order valence-corrected chi connectivity index (χ3v) is 8.50. The van der Waals surface area contributed by atoms with Gasteiger partial charge in [0.25, 0.3) is 5.91 Å². The Hall–Kier alpha value is -4.66. The van der Waals surface area contributed by atoms with Crippen LogP contribution in [0.5, 0.6) is 11.5 Å². The number of rotatable bonds is 4. The van der Waals surface area contributed by atoms with Gasteiger partial charge in [-0.3, -0.25) is 23.9 Å². The van der Waals surface area contributed by atoms with Crippen LogP contribution >= 0.6 is 11.3 Å². The lowest BCUT2D eigenvalue weighted by atomic mass is 9.82. The van der Waals surface area contributed by atoms with Crippen molar-refractivity contribution in [2.45, 2.75) is 31.0 Å². The molecule has 1 spiro atoms. The summed E-state index contributed by atoms with van der Waals surface area (Å²) in [6, 6.07) is 9.59. The minimum absolute atomic E-state index is 0.0479. The normalized spacial score (nSPS) is 16.3. The van der Waals surface area contributed by atoms with Crippen molar-refractivity contribution in [1.82, 2.24) is 15.0 Å². The Labute approximate surface area is 238 Å². The van der Waals surface area contributed by atoms with E-state index in [2.05, 4.69) is 14.7 Å². The van der Waals surface area contributed by atoms with Crippen LogP contribution in [0.2, 0.25) is 0 Å². The van der Waals surface area contributed by atoms with Crippen LogP contribution in [0.25, 0.3) is 21.5 Å². The first-order valence-electron chi connectivity index (χ1n) is 12.7. The number of ether oxygens (including phenoxy) is 2. The molecule has 11 nitrogen and oxygen atoms in total. The number of amides is 2. The number of Topliss-reactive ketones (excluding diaryl/α,β-unsaturated/α-hetero) is 1. The van der Waals surface area contributed by atoms with Crippen LogP contribution in [0.3, 0.4) is 0 Å². The minimum Gasteiger partial charge on any atom is -0.495 e. The number of anilines is 1. The van der Waals surface area contributed by atoms with Gasteiger partial charge in [-0.05, 0) is 24.3 Å². The van der Waals surface area contributed by atoms with Crippen molar-refractivity contribution in [2.75, 3.05) is 25.5 Å². The highest BCUT2D eigenvalue weighted by atomic mass is 32.1. The Morgan fingerprint density at radius 2 is 1.93 bits per heavy atom. The number of H-pyrrole nitrogens is 1.